The van der Waals surface area contributed by atoms with Crippen LogP contribution in [-0.4, -0.2) is 27.5 Å². The lowest BCUT2D eigenvalue weighted by atomic mass is 9.82. The van der Waals surface area contributed by atoms with E-state index >= 15 is 0 Å². The van der Waals surface area contributed by atoms with Crippen molar-refractivity contribution in [2.75, 3.05) is 7.11 Å². The van der Waals surface area contributed by atoms with Gasteiger partial charge in [0.1, 0.15) is 5.75 Å². The van der Waals surface area contributed by atoms with Crippen molar-refractivity contribution in [3.05, 3.63) is 82.3 Å². The Morgan fingerprint density at radius 3 is 2.50 bits per heavy atom. The van der Waals surface area contributed by atoms with E-state index in [1.165, 1.54) is 0 Å². The quantitative estimate of drug-likeness (QED) is 0.455. The topological polar surface area (TPSA) is 56.5 Å². The SMILES string of the molecule is COc1ccc(C2CC(=O)c3cnc4c(-c5ccc(Cl)cc5)c(C)nn4c3C2)cc1. The molecule has 5 nitrogen and oxygen atoms in total. The van der Waals surface area contributed by atoms with Crippen LogP contribution in [-0.2, 0) is 6.42 Å². The predicted molar refractivity (Wildman–Crippen MR) is 117 cm³/mol. The molecule has 0 saturated carbocycles. The monoisotopic (exact) mass is 417 g/mol. The van der Waals surface area contributed by atoms with Crippen LogP contribution in [0.5, 0.6) is 5.75 Å². The fraction of sp³-hybridized carbons (Fsp3) is 0.208. The number of carbonyl (C=O) groups excluding carboxylic acids is 1. The molecule has 5 rings (SSSR count). The first kappa shape index (κ1) is 18.8. The van der Waals surface area contributed by atoms with Gasteiger partial charge in [0.2, 0.25) is 0 Å². The van der Waals surface area contributed by atoms with E-state index in [0.717, 1.165) is 45.9 Å². The zero-order chi connectivity index (χ0) is 20.8. The van der Waals surface area contributed by atoms with Gasteiger partial charge < -0.3 is 4.74 Å². The summed E-state index contributed by atoms with van der Waals surface area (Å²) in [5.41, 5.74) is 6.31. The first-order valence-electron chi connectivity index (χ1n) is 9.85. The number of ether oxygens (including phenoxy) is 1. The Balaban J connectivity index is 1.61. The third-order valence-corrected chi connectivity index (χ3v) is 6.06. The number of rotatable bonds is 3. The molecule has 0 N–H and O–H groups in total. The fourth-order valence-corrected chi connectivity index (χ4v) is 4.40. The highest BCUT2D eigenvalue weighted by Gasteiger charge is 2.30. The van der Waals surface area contributed by atoms with Gasteiger partial charge in [0, 0.05) is 23.2 Å². The number of halogens is 1. The predicted octanol–water partition coefficient (Wildman–Crippen LogP) is 5.28. The minimum absolute atomic E-state index is 0.102. The molecule has 0 amide bonds. The zero-order valence-electron chi connectivity index (χ0n) is 16.7. The molecule has 1 unspecified atom stereocenters. The molecule has 30 heavy (non-hydrogen) atoms. The molecular formula is C24H20ClN3O2. The first-order chi connectivity index (χ1) is 14.5. The van der Waals surface area contributed by atoms with Crippen molar-refractivity contribution < 1.29 is 9.53 Å². The Hall–Kier alpha value is -3.18. The average Bonchev–Trinajstić information content (AvgIpc) is 3.10. The molecule has 1 atom stereocenters. The molecule has 2 aromatic heterocycles. The van der Waals surface area contributed by atoms with E-state index in [1.807, 2.05) is 60.0 Å². The van der Waals surface area contributed by atoms with E-state index in [1.54, 1.807) is 13.3 Å². The molecule has 1 aliphatic rings. The molecule has 1 aliphatic carbocycles. The molecule has 0 spiro atoms. The first-order valence-corrected chi connectivity index (χ1v) is 10.2. The van der Waals surface area contributed by atoms with Crippen LogP contribution >= 0.6 is 11.6 Å². The van der Waals surface area contributed by atoms with Crippen LogP contribution in [0.1, 0.15) is 39.6 Å². The van der Waals surface area contributed by atoms with Crippen LogP contribution in [0.4, 0.5) is 0 Å². The van der Waals surface area contributed by atoms with Gasteiger partial charge in [-0.05, 0) is 54.7 Å². The molecule has 0 fully saturated rings. The minimum atomic E-state index is 0.102. The molecule has 0 bridgehead atoms. The van der Waals surface area contributed by atoms with Crippen LogP contribution in [0.3, 0.4) is 0 Å². The summed E-state index contributed by atoms with van der Waals surface area (Å²) in [7, 11) is 1.65. The van der Waals surface area contributed by atoms with Gasteiger partial charge in [0.05, 0.1) is 24.1 Å². The number of ketones is 1. The lowest BCUT2D eigenvalue weighted by Crippen LogP contribution is -2.22. The van der Waals surface area contributed by atoms with Crippen molar-refractivity contribution in [3.63, 3.8) is 0 Å². The third-order valence-electron chi connectivity index (χ3n) is 5.81. The maximum atomic E-state index is 12.9. The highest BCUT2D eigenvalue weighted by atomic mass is 35.5. The van der Waals surface area contributed by atoms with Crippen LogP contribution in [0.25, 0.3) is 16.8 Å². The second-order valence-electron chi connectivity index (χ2n) is 7.62. The highest BCUT2D eigenvalue weighted by Crippen LogP contribution is 2.35. The number of fused-ring (bicyclic) bond motifs is 3. The lowest BCUT2D eigenvalue weighted by molar-refractivity contribution is 0.0962. The number of aromatic nitrogens is 3. The van der Waals surface area contributed by atoms with E-state index in [9.17, 15) is 4.79 Å². The van der Waals surface area contributed by atoms with Gasteiger partial charge in [-0.25, -0.2) is 9.50 Å². The van der Waals surface area contributed by atoms with Crippen molar-refractivity contribution >= 4 is 23.0 Å². The van der Waals surface area contributed by atoms with Gasteiger partial charge in [0.15, 0.2) is 11.4 Å². The van der Waals surface area contributed by atoms with Gasteiger partial charge >= 0.3 is 0 Å². The number of benzene rings is 2. The van der Waals surface area contributed by atoms with Crippen molar-refractivity contribution in [2.45, 2.75) is 25.7 Å². The number of nitrogens with zero attached hydrogens (tertiary/aromatic N) is 3. The second kappa shape index (κ2) is 7.26. The Bertz CT molecular complexity index is 1260. The number of hydrogen-bond donors (Lipinski definition) is 0. The van der Waals surface area contributed by atoms with E-state index in [-0.39, 0.29) is 11.7 Å². The molecule has 0 aliphatic heterocycles. The molecule has 0 saturated heterocycles. The summed E-state index contributed by atoms with van der Waals surface area (Å²) >= 11 is 6.05. The molecule has 0 radical (unpaired) electrons. The Kier molecular flexibility index (Phi) is 4.55. The average molecular weight is 418 g/mol. The van der Waals surface area contributed by atoms with Crippen LogP contribution in [0.15, 0.2) is 54.7 Å². The summed E-state index contributed by atoms with van der Waals surface area (Å²) in [5.74, 6) is 1.01. The maximum Gasteiger partial charge on any atom is 0.166 e. The normalized spacial score (nSPS) is 16.0. The van der Waals surface area contributed by atoms with Crippen molar-refractivity contribution in [2.24, 2.45) is 0 Å². The summed E-state index contributed by atoms with van der Waals surface area (Å²) in [6, 6.07) is 15.6. The summed E-state index contributed by atoms with van der Waals surface area (Å²) in [6.07, 6.45) is 2.90. The number of hydrogen-bond acceptors (Lipinski definition) is 4. The standard InChI is InChI=1S/C24H20ClN3O2/c1-14-23(16-3-7-18(25)8-4-16)24-26-13-20-21(28(24)27-14)11-17(12-22(20)29)15-5-9-19(30-2)10-6-15/h3-10,13,17H,11-12H2,1-2H3. The summed E-state index contributed by atoms with van der Waals surface area (Å²) in [4.78, 5) is 17.5. The summed E-state index contributed by atoms with van der Waals surface area (Å²) in [5, 5.41) is 5.45. The van der Waals surface area contributed by atoms with Crippen molar-refractivity contribution in [1.82, 2.24) is 14.6 Å². The van der Waals surface area contributed by atoms with Crippen molar-refractivity contribution in [1.29, 1.82) is 0 Å². The zero-order valence-corrected chi connectivity index (χ0v) is 17.5. The number of aryl methyl sites for hydroxylation is 1. The molecule has 150 valence electrons. The van der Waals surface area contributed by atoms with Gasteiger partial charge in [-0.2, -0.15) is 5.10 Å². The van der Waals surface area contributed by atoms with Crippen molar-refractivity contribution in [3.8, 4) is 16.9 Å². The largest absolute Gasteiger partial charge is 0.497 e. The van der Waals surface area contributed by atoms with Gasteiger partial charge in [-0.15, -0.1) is 0 Å². The molecule has 2 heterocycles. The van der Waals surface area contributed by atoms with Gasteiger partial charge in [0.25, 0.3) is 0 Å². The third kappa shape index (κ3) is 3.06. The van der Waals surface area contributed by atoms with E-state index in [2.05, 4.69) is 4.98 Å². The Morgan fingerprint density at radius 1 is 1.07 bits per heavy atom. The number of methoxy groups -OCH3 is 1. The van der Waals surface area contributed by atoms with Gasteiger partial charge in [-0.3, -0.25) is 4.79 Å². The van der Waals surface area contributed by atoms with Crippen LogP contribution in [0, 0.1) is 6.92 Å². The smallest absolute Gasteiger partial charge is 0.166 e. The molecular weight excluding hydrogens is 398 g/mol. The molecule has 4 aromatic rings. The number of Topliss-reactive ketones (excluding diaryl/α,β-unsaturated/α-hetero) is 1. The second-order valence-corrected chi connectivity index (χ2v) is 8.06. The lowest BCUT2D eigenvalue weighted by Gasteiger charge is -2.24. The van der Waals surface area contributed by atoms with E-state index < -0.39 is 0 Å². The fourth-order valence-electron chi connectivity index (χ4n) is 4.27. The summed E-state index contributed by atoms with van der Waals surface area (Å²) in [6.45, 7) is 1.97. The van der Waals surface area contributed by atoms with Crippen LogP contribution < -0.4 is 4.74 Å². The van der Waals surface area contributed by atoms with E-state index in [4.69, 9.17) is 21.4 Å². The molecule has 6 heteroatoms. The Labute approximate surface area is 179 Å². The highest BCUT2D eigenvalue weighted by molar-refractivity contribution is 6.30. The van der Waals surface area contributed by atoms with Crippen LogP contribution in [0.2, 0.25) is 5.02 Å². The summed E-state index contributed by atoms with van der Waals surface area (Å²) < 4.78 is 7.11. The Morgan fingerprint density at radius 2 is 1.80 bits per heavy atom. The van der Waals surface area contributed by atoms with Gasteiger partial charge in [-0.1, -0.05) is 35.9 Å². The minimum Gasteiger partial charge on any atom is -0.497 e. The maximum absolute atomic E-state index is 12.9. The molecule has 2 aromatic carbocycles. The van der Waals surface area contributed by atoms with E-state index in [0.29, 0.717) is 17.0 Å². The number of carbonyl (C=O) groups is 1.